The SMILES string of the molecule is COCCn1cc(Oc2c(C)cccc2C)c(Br)cc1=O. The first kappa shape index (κ1) is 15.8. The van der Waals surface area contributed by atoms with Crippen molar-refractivity contribution in [1.82, 2.24) is 4.57 Å². The van der Waals surface area contributed by atoms with Gasteiger partial charge in [0.15, 0.2) is 5.75 Å². The molecule has 2 rings (SSSR count). The predicted molar refractivity (Wildman–Crippen MR) is 86.3 cm³/mol. The van der Waals surface area contributed by atoms with E-state index in [2.05, 4.69) is 15.9 Å². The van der Waals surface area contributed by atoms with Gasteiger partial charge in [-0.05, 0) is 40.9 Å². The molecule has 0 bridgehead atoms. The van der Waals surface area contributed by atoms with Gasteiger partial charge in [-0.15, -0.1) is 0 Å². The first-order valence-corrected chi connectivity index (χ1v) is 7.45. The molecule has 4 nitrogen and oxygen atoms in total. The van der Waals surface area contributed by atoms with Crippen LogP contribution in [-0.4, -0.2) is 18.3 Å². The van der Waals surface area contributed by atoms with E-state index in [1.54, 1.807) is 17.9 Å². The quantitative estimate of drug-likeness (QED) is 0.825. The highest BCUT2D eigenvalue weighted by molar-refractivity contribution is 9.10. The number of halogens is 1. The van der Waals surface area contributed by atoms with Gasteiger partial charge in [-0.1, -0.05) is 18.2 Å². The van der Waals surface area contributed by atoms with Crippen molar-refractivity contribution in [2.24, 2.45) is 0 Å². The molecule has 1 heterocycles. The van der Waals surface area contributed by atoms with E-state index >= 15 is 0 Å². The van der Waals surface area contributed by atoms with Crippen LogP contribution in [-0.2, 0) is 11.3 Å². The highest BCUT2D eigenvalue weighted by Crippen LogP contribution is 2.32. The maximum absolute atomic E-state index is 11.9. The fraction of sp³-hybridized carbons (Fsp3) is 0.312. The van der Waals surface area contributed by atoms with Crippen LogP contribution in [0.15, 0.2) is 39.7 Å². The van der Waals surface area contributed by atoms with Crippen LogP contribution in [0.2, 0.25) is 0 Å². The van der Waals surface area contributed by atoms with Gasteiger partial charge in [-0.25, -0.2) is 0 Å². The van der Waals surface area contributed by atoms with Gasteiger partial charge in [0.2, 0.25) is 0 Å². The zero-order valence-electron chi connectivity index (χ0n) is 12.4. The van der Waals surface area contributed by atoms with Crippen LogP contribution in [0.4, 0.5) is 0 Å². The molecule has 0 spiro atoms. The van der Waals surface area contributed by atoms with Crippen molar-refractivity contribution >= 4 is 15.9 Å². The number of methoxy groups -OCH3 is 1. The summed E-state index contributed by atoms with van der Waals surface area (Å²) in [6.45, 7) is 4.96. The third-order valence-corrected chi connectivity index (χ3v) is 3.82. The maximum atomic E-state index is 11.9. The van der Waals surface area contributed by atoms with Crippen LogP contribution in [0.5, 0.6) is 11.5 Å². The van der Waals surface area contributed by atoms with Gasteiger partial charge in [-0.2, -0.15) is 0 Å². The highest BCUT2D eigenvalue weighted by atomic mass is 79.9. The summed E-state index contributed by atoms with van der Waals surface area (Å²) < 4.78 is 13.2. The lowest BCUT2D eigenvalue weighted by molar-refractivity contribution is 0.186. The zero-order chi connectivity index (χ0) is 15.4. The minimum Gasteiger partial charge on any atom is -0.454 e. The molecular weight excluding hydrogens is 334 g/mol. The van der Waals surface area contributed by atoms with Crippen molar-refractivity contribution in [3.8, 4) is 11.5 Å². The fourth-order valence-electron chi connectivity index (χ4n) is 2.04. The van der Waals surface area contributed by atoms with E-state index in [1.165, 1.54) is 6.07 Å². The molecule has 1 aromatic heterocycles. The predicted octanol–water partition coefficient (Wildman–Crippen LogP) is 3.67. The Balaban J connectivity index is 2.37. The number of pyridine rings is 1. The number of benzene rings is 1. The molecule has 112 valence electrons. The summed E-state index contributed by atoms with van der Waals surface area (Å²) >= 11 is 3.39. The number of para-hydroxylation sites is 1. The molecule has 0 saturated heterocycles. The lowest BCUT2D eigenvalue weighted by Crippen LogP contribution is -2.21. The smallest absolute Gasteiger partial charge is 0.251 e. The van der Waals surface area contributed by atoms with E-state index in [0.29, 0.717) is 23.4 Å². The number of rotatable bonds is 5. The summed E-state index contributed by atoms with van der Waals surface area (Å²) in [6.07, 6.45) is 1.71. The van der Waals surface area contributed by atoms with E-state index in [-0.39, 0.29) is 5.56 Å². The van der Waals surface area contributed by atoms with Gasteiger partial charge >= 0.3 is 0 Å². The minimum absolute atomic E-state index is 0.0900. The van der Waals surface area contributed by atoms with Crippen molar-refractivity contribution in [2.75, 3.05) is 13.7 Å². The summed E-state index contributed by atoms with van der Waals surface area (Å²) in [5, 5.41) is 0. The third kappa shape index (κ3) is 3.74. The van der Waals surface area contributed by atoms with E-state index in [4.69, 9.17) is 9.47 Å². The molecule has 21 heavy (non-hydrogen) atoms. The largest absolute Gasteiger partial charge is 0.454 e. The molecular formula is C16H18BrNO3. The van der Waals surface area contributed by atoms with Crippen molar-refractivity contribution < 1.29 is 9.47 Å². The Morgan fingerprint density at radius 1 is 1.24 bits per heavy atom. The molecule has 5 heteroatoms. The normalized spacial score (nSPS) is 10.7. The second-order valence-electron chi connectivity index (χ2n) is 4.83. The number of aryl methyl sites for hydroxylation is 2. The van der Waals surface area contributed by atoms with E-state index in [9.17, 15) is 4.79 Å². The molecule has 0 atom stereocenters. The summed E-state index contributed by atoms with van der Waals surface area (Å²) in [5.41, 5.74) is 2.01. The second kappa shape index (κ2) is 6.91. The zero-order valence-corrected chi connectivity index (χ0v) is 13.9. The summed E-state index contributed by atoms with van der Waals surface area (Å²) in [7, 11) is 1.61. The number of hydrogen-bond acceptors (Lipinski definition) is 3. The topological polar surface area (TPSA) is 40.5 Å². The average molecular weight is 352 g/mol. The standard InChI is InChI=1S/C16H18BrNO3/c1-11-5-4-6-12(2)16(11)21-14-10-18(7-8-20-3)15(19)9-13(14)17/h4-6,9-10H,7-8H2,1-3H3. The van der Waals surface area contributed by atoms with Gasteiger partial charge < -0.3 is 14.0 Å². The highest BCUT2D eigenvalue weighted by Gasteiger charge is 2.10. The molecule has 0 unspecified atom stereocenters. The van der Waals surface area contributed by atoms with Gasteiger partial charge in [0.1, 0.15) is 5.75 Å². The summed E-state index contributed by atoms with van der Waals surface area (Å²) in [5.74, 6) is 1.43. The molecule has 0 saturated carbocycles. The molecule has 0 fully saturated rings. The van der Waals surface area contributed by atoms with E-state index in [1.807, 2.05) is 32.0 Å². The molecule has 0 N–H and O–H groups in total. The Labute approximate surface area is 132 Å². The Morgan fingerprint density at radius 2 is 1.90 bits per heavy atom. The van der Waals surface area contributed by atoms with Gasteiger partial charge in [0.05, 0.1) is 17.3 Å². The van der Waals surface area contributed by atoms with Crippen LogP contribution in [0.25, 0.3) is 0 Å². The van der Waals surface area contributed by atoms with Crippen LogP contribution in [0, 0.1) is 13.8 Å². The van der Waals surface area contributed by atoms with Crippen molar-refractivity contribution in [3.63, 3.8) is 0 Å². The van der Waals surface area contributed by atoms with E-state index in [0.717, 1.165) is 16.9 Å². The molecule has 0 amide bonds. The Hall–Kier alpha value is -1.59. The lowest BCUT2D eigenvalue weighted by atomic mass is 10.1. The van der Waals surface area contributed by atoms with Crippen molar-refractivity contribution in [2.45, 2.75) is 20.4 Å². The minimum atomic E-state index is -0.0900. The maximum Gasteiger partial charge on any atom is 0.251 e. The fourth-order valence-corrected chi connectivity index (χ4v) is 2.42. The van der Waals surface area contributed by atoms with Gasteiger partial charge in [-0.3, -0.25) is 4.79 Å². The van der Waals surface area contributed by atoms with Crippen LogP contribution in [0.1, 0.15) is 11.1 Å². The Bertz CT molecular complexity index is 674. The Kier molecular flexibility index (Phi) is 5.20. The molecule has 2 aromatic rings. The van der Waals surface area contributed by atoms with Crippen LogP contribution < -0.4 is 10.3 Å². The summed E-state index contributed by atoms with van der Waals surface area (Å²) in [6, 6.07) is 7.50. The van der Waals surface area contributed by atoms with Gasteiger partial charge in [0.25, 0.3) is 5.56 Å². The lowest BCUT2D eigenvalue weighted by Gasteiger charge is -2.14. The van der Waals surface area contributed by atoms with Crippen LogP contribution in [0.3, 0.4) is 0 Å². The van der Waals surface area contributed by atoms with Crippen LogP contribution >= 0.6 is 15.9 Å². The first-order chi connectivity index (χ1) is 10.0. The molecule has 1 aromatic carbocycles. The van der Waals surface area contributed by atoms with Crippen molar-refractivity contribution in [1.29, 1.82) is 0 Å². The molecule has 0 aliphatic rings. The Morgan fingerprint density at radius 3 is 2.52 bits per heavy atom. The van der Waals surface area contributed by atoms with E-state index < -0.39 is 0 Å². The number of hydrogen-bond donors (Lipinski definition) is 0. The average Bonchev–Trinajstić information content (AvgIpc) is 2.44. The monoisotopic (exact) mass is 351 g/mol. The summed E-state index contributed by atoms with van der Waals surface area (Å²) in [4.78, 5) is 11.9. The first-order valence-electron chi connectivity index (χ1n) is 6.66. The molecule has 0 radical (unpaired) electrons. The molecule has 0 aliphatic carbocycles. The van der Waals surface area contributed by atoms with Gasteiger partial charge in [0, 0.05) is 19.7 Å². The van der Waals surface area contributed by atoms with Crippen molar-refractivity contribution in [3.05, 3.63) is 56.4 Å². The molecule has 0 aliphatic heterocycles. The second-order valence-corrected chi connectivity index (χ2v) is 5.69. The number of aromatic nitrogens is 1. The number of nitrogens with zero attached hydrogens (tertiary/aromatic N) is 1. The third-order valence-electron chi connectivity index (χ3n) is 3.20. The number of ether oxygens (including phenoxy) is 2.